The molecule has 1 aliphatic heterocycles. The SMILES string of the molecule is C[C@@]1(O)CCC[C@H]1n1c(=O)c(OC(F)F)cc2cnc(NC3CCN(S(=O)(=O)c4ccccc4C(F)(F)F)CC3)nc21. The average Bonchev–Trinajstić information content (AvgIpc) is 3.27. The van der Waals surface area contributed by atoms with Crippen molar-refractivity contribution in [1.29, 1.82) is 0 Å². The molecular weight excluding hydrogens is 589 g/mol. The molecule has 0 unspecified atom stereocenters. The zero-order chi connectivity index (χ0) is 30.4. The van der Waals surface area contributed by atoms with Gasteiger partial charge in [0.2, 0.25) is 16.0 Å². The molecule has 3 heterocycles. The summed E-state index contributed by atoms with van der Waals surface area (Å²) in [6.07, 6.45) is -1.70. The van der Waals surface area contributed by atoms with Gasteiger partial charge in [0.25, 0.3) is 5.56 Å². The Balaban J connectivity index is 1.39. The molecule has 42 heavy (non-hydrogen) atoms. The lowest BCUT2D eigenvalue weighted by Crippen LogP contribution is -2.43. The van der Waals surface area contributed by atoms with Crippen molar-refractivity contribution in [1.82, 2.24) is 18.8 Å². The van der Waals surface area contributed by atoms with Crippen LogP contribution in [0.25, 0.3) is 11.0 Å². The smallest absolute Gasteiger partial charge is 0.417 e. The third kappa shape index (κ3) is 5.79. The normalized spacial score (nSPS) is 22.6. The fourth-order valence-corrected chi connectivity index (χ4v) is 7.34. The van der Waals surface area contributed by atoms with Gasteiger partial charge in [-0.05, 0) is 57.2 Å². The Bertz CT molecular complexity index is 1640. The number of aromatic nitrogens is 3. The zero-order valence-corrected chi connectivity index (χ0v) is 23.1. The Morgan fingerprint density at radius 1 is 1.17 bits per heavy atom. The van der Waals surface area contributed by atoms with Crippen molar-refractivity contribution < 1.29 is 40.2 Å². The van der Waals surface area contributed by atoms with Crippen LogP contribution in [-0.4, -0.2) is 63.7 Å². The summed E-state index contributed by atoms with van der Waals surface area (Å²) in [5, 5.41) is 14.2. The van der Waals surface area contributed by atoms with Crippen LogP contribution in [0.3, 0.4) is 0 Å². The highest BCUT2D eigenvalue weighted by Crippen LogP contribution is 2.40. The summed E-state index contributed by atoms with van der Waals surface area (Å²) in [6, 6.07) is 4.01. The number of pyridine rings is 1. The molecule has 2 fully saturated rings. The molecule has 1 saturated carbocycles. The van der Waals surface area contributed by atoms with E-state index in [1.54, 1.807) is 6.92 Å². The van der Waals surface area contributed by atoms with Crippen LogP contribution in [0.15, 0.2) is 46.2 Å². The number of aliphatic hydroxyl groups is 1. The Hall–Kier alpha value is -3.37. The van der Waals surface area contributed by atoms with Crippen LogP contribution in [0.5, 0.6) is 5.75 Å². The number of nitrogens with zero attached hydrogens (tertiary/aromatic N) is 4. The van der Waals surface area contributed by atoms with E-state index in [2.05, 4.69) is 20.0 Å². The standard InChI is InChI=1S/C26H28F5N5O5S/c1-25(38)10-4-7-20(25)36-21-15(13-18(22(36)37)41-23(27)28)14-32-24(34-21)33-16-8-11-35(12-9-16)42(39,40)19-6-3-2-5-17(19)26(29,30)31/h2-3,5-6,13-14,16,20,23,38H,4,7-12H2,1H3,(H,32,33,34)/t20-,25-/m1/s1. The van der Waals surface area contributed by atoms with Crippen molar-refractivity contribution in [3.05, 3.63) is 52.4 Å². The van der Waals surface area contributed by atoms with Crippen molar-refractivity contribution in [2.24, 2.45) is 0 Å². The van der Waals surface area contributed by atoms with E-state index in [9.17, 15) is 40.3 Å². The van der Waals surface area contributed by atoms with Crippen LogP contribution in [-0.2, 0) is 16.2 Å². The maximum absolute atomic E-state index is 13.5. The lowest BCUT2D eigenvalue weighted by molar-refractivity contribution is -0.139. The number of ether oxygens (including phenoxy) is 1. The highest BCUT2D eigenvalue weighted by molar-refractivity contribution is 7.89. The van der Waals surface area contributed by atoms with Gasteiger partial charge in [0.1, 0.15) is 5.65 Å². The number of anilines is 1. The second-order valence-corrected chi connectivity index (χ2v) is 12.5. The topological polar surface area (TPSA) is 127 Å². The Labute approximate surface area is 237 Å². The molecule has 5 rings (SSSR count). The highest BCUT2D eigenvalue weighted by Gasteiger charge is 2.41. The number of halogens is 5. The second-order valence-electron chi connectivity index (χ2n) is 10.6. The van der Waals surface area contributed by atoms with Gasteiger partial charge in [-0.25, -0.2) is 13.4 Å². The third-order valence-electron chi connectivity index (χ3n) is 7.74. The van der Waals surface area contributed by atoms with Crippen LogP contribution < -0.4 is 15.6 Å². The molecule has 0 spiro atoms. The van der Waals surface area contributed by atoms with Gasteiger partial charge in [-0.1, -0.05) is 12.1 Å². The average molecular weight is 618 g/mol. The first-order chi connectivity index (χ1) is 19.7. The van der Waals surface area contributed by atoms with E-state index in [1.165, 1.54) is 12.3 Å². The Kier molecular flexibility index (Phi) is 7.91. The van der Waals surface area contributed by atoms with E-state index in [4.69, 9.17) is 0 Å². The molecule has 2 atom stereocenters. The fourth-order valence-electron chi connectivity index (χ4n) is 5.66. The zero-order valence-electron chi connectivity index (χ0n) is 22.3. The summed E-state index contributed by atoms with van der Waals surface area (Å²) in [4.78, 5) is 21.1. The van der Waals surface area contributed by atoms with Gasteiger partial charge in [0.15, 0.2) is 5.75 Å². The number of hydrogen-bond acceptors (Lipinski definition) is 8. The van der Waals surface area contributed by atoms with Crippen LogP contribution in [0, 0.1) is 0 Å². The highest BCUT2D eigenvalue weighted by atomic mass is 32.2. The molecule has 10 nitrogen and oxygen atoms in total. The number of rotatable bonds is 7. The van der Waals surface area contributed by atoms with Gasteiger partial charge in [-0.3, -0.25) is 9.36 Å². The lowest BCUT2D eigenvalue weighted by atomic mass is 10.00. The van der Waals surface area contributed by atoms with Crippen LogP contribution >= 0.6 is 0 Å². The number of nitrogens with one attached hydrogen (secondary N) is 1. The van der Waals surface area contributed by atoms with Gasteiger partial charge in [0, 0.05) is 30.7 Å². The second kappa shape index (κ2) is 11.0. The van der Waals surface area contributed by atoms with Crippen molar-refractivity contribution in [2.75, 3.05) is 18.4 Å². The van der Waals surface area contributed by atoms with Crippen molar-refractivity contribution in [2.45, 2.75) is 74.4 Å². The molecule has 2 aliphatic rings. The molecule has 3 aromatic rings. The maximum atomic E-state index is 13.5. The quantitative estimate of drug-likeness (QED) is 0.379. The molecule has 1 aromatic carbocycles. The largest absolute Gasteiger partial charge is 0.429 e. The summed E-state index contributed by atoms with van der Waals surface area (Å²) in [5.74, 6) is -0.537. The van der Waals surface area contributed by atoms with Crippen LogP contribution in [0.2, 0.25) is 0 Å². The first kappa shape index (κ1) is 30.1. The molecule has 0 radical (unpaired) electrons. The summed E-state index contributed by atoms with van der Waals surface area (Å²) in [6.45, 7) is -1.82. The van der Waals surface area contributed by atoms with Gasteiger partial charge in [-0.15, -0.1) is 0 Å². The first-order valence-electron chi connectivity index (χ1n) is 13.2. The van der Waals surface area contributed by atoms with Gasteiger partial charge in [0.05, 0.1) is 22.1 Å². The van der Waals surface area contributed by atoms with Gasteiger partial charge in [-0.2, -0.15) is 31.2 Å². The molecule has 16 heteroatoms. The summed E-state index contributed by atoms with van der Waals surface area (Å²) < 4.78 is 99.1. The number of hydrogen-bond donors (Lipinski definition) is 2. The molecule has 2 N–H and O–H groups in total. The number of piperidine rings is 1. The number of alkyl halides is 5. The number of fused-ring (bicyclic) bond motifs is 1. The summed E-state index contributed by atoms with van der Waals surface area (Å²) in [5.41, 5.74) is -3.32. The predicted octanol–water partition coefficient (Wildman–Crippen LogP) is 4.15. The first-order valence-corrected chi connectivity index (χ1v) is 14.6. The van der Waals surface area contributed by atoms with Crippen LogP contribution in [0.4, 0.5) is 27.9 Å². The predicted molar refractivity (Wildman–Crippen MR) is 141 cm³/mol. The summed E-state index contributed by atoms with van der Waals surface area (Å²) in [7, 11) is -4.42. The summed E-state index contributed by atoms with van der Waals surface area (Å²) >= 11 is 0. The Morgan fingerprint density at radius 3 is 2.48 bits per heavy atom. The minimum Gasteiger partial charge on any atom is -0.429 e. The van der Waals surface area contributed by atoms with E-state index in [0.717, 1.165) is 33.1 Å². The lowest BCUT2D eigenvalue weighted by Gasteiger charge is -2.32. The molecule has 2 aromatic heterocycles. The molecular formula is C26H28F5N5O5S. The molecule has 1 saturated heterocycles. The molecule has 228 valence electrons. The number of sulfonamides is 1. The van der Waals surface area contributed by atoms with Crippen molar-refractivity contribution in [3.8, 4) is 5.75 Å². The van der Waals surface area contributed by atoms with Crippen molar-refractivity contribution >= 4 is 27.0 Å². The van der Waals surface area contributed by atoms with Crippen molar-refractivity contribution in [3.63, 3.8) is 0 Å². The van der Waals surface area contributed by atoms with E-state index >= 15 is 0 Å². The van der Waals surface area contributed by atoms with E-state index < -0.39 is 56.2 Å². The molecule has 0 amide bonds. The number of benzene rings is 1. The van der Waals surface area contributed by atoms with Crippen LogP contribution in [0.1, 0.15) is 50.6 Å². The minimum absolute atomic E-state index is 0.0657. The molecule has 0 bridgehead atoms. The van der Waals surface area contributed by atoms with Gasteiger partial charge < -0.3 is 15.2 Å². The molecule has 1 aliphatic carbocycles. The maximum Gasteiger partial charge on any atom is 0.417 e. The minimum atomic E-state index is -4.84. The Morgan fingerprint density at radius 2 is 1.86 bits per heavy atom. The van der Waals surface area contributed by atoms with E-state index in [1.807, 2.05) is 0 Å². The van der Waals surface area contributed by atoms with E-state index in [0.29, 0.717) is 19.3 Å². The monoisotopic (exact) mass is 617 g/mol. The third-order valence-corrected chi connectivity index (χ3v) is 9.70. The fraction of sp³-hybridized carbons (Fsp3) is 0.500. The van der Waals surface area contributed by atoms with Gasteiger partial charge >= 0.3 is 12.8 Å². The van der Waals surface area contributed by atoms with E-state index in [-0.39, 0.29) is 49.0 Å².